The quantitative estimate of drug-likeness (QED) is 0.748. The molecule has 2 aromatic carbocycles. The second-order valence-corrected chi connectivity index (χ2v) is 6.90. The average Bonchev–Trinajstić information content (AvgIpc) is 2.55. The number of halogens is 2. The molecule has 0 aromatic heterocycles. The summed E-state index contributed by atoms with van der Waals surface area (Å²) in [6.45, 7) is 5.33. The highest BCUT2D eigenvalue weighted by Gasteiger charge is 2.22. The molecule has 0 unspecified atom stereocenters. The number of anilines is 1. The fraction of sp³-hybridized carbons (Fsp3) is 0.263. The van der Waals surface area contributed by atoms with Crippen molar-refractivity contribution in [3.05, 3.63) is 63.6 Å². The Kier molecular flexibility index (Phi) is 6.59. The normalized spacial score (nSPS) is 13.2. The van der Waals surface area contributed by atoms with Crippen molar-refractivity contribution in [3.63, 3.8) is 0 Å². The summed E-state index contributed by atoms with van der Waals surface area (Å²) in [4.78, 5) is 23.7. The van der Waals surface area contributed by atoms with Crippen molar-refractivity contribution in [2.45, 2.75) is 32.9 Å². The highest BCUT2D eigenvalue weighted by atomic mass is 35.5. The first-order valence-corrected chi connectivity index (χ1v) is 8.75. The van der Waals surface area contributed by atoms with E-state index in [1.807, 2.05) is 25.2 Å². The Labute approximate surface area is 157 Å². The maximum absolute atomic E-state index is 12.4. The standard InChI is InChI=1S/C19H20Cl2N2O2/c1-11(17-9-6-15(20)10-18(17)21)22-12(2)19(25)23-16-7-4-14(5-8-16)13(3)24/h4-12,22H,1-3H3,(H,23,25)/p+1/t11-,12-/m1/s1. The Morgan fingerprint density at radius 2 is 1.68 bits per heavy atom. The number of ketones is 1. The number of Topliss-reactive ketones (excluding diaryl/α,β-unsaturated/α-hetero) is 1. The van der Waals surface area contributed by atoms with Crippen LogP contribution in [0.1, 0.15) is 42.7 Å². The summed E-state index contributed by atoms with van der Waals surface area (Å²) in [5, 5.41) is 5.96. The largest absolute Gasteiger partial charge is 0.330 e. The highest BCUT2D eigenvalue weighted by molar-refractivity contribution is 6.35. The van der Waals surface area contributed by atoms with E-state index in [1.165, 1.54) is 6.92 Å². The molecule has 0 radical (unpaired) electrons. The molecule has 0 heterocycles. The summed E-state index contributed by atoms with van der Waals surface area (Å²) in [7, 11) is 0. The number of carbonyl (C=O) groups excluding carboxylic acids is 2. The van der Waals surface area contributed by atoms with E-state index in [1.54, 1.807) is 36.4 Å². The van der Waals surface area contributed by atoms with Crippen LogP contribution in [0.2, 0.25) is 10.0 Å². The van der Waals surface area contributed by atoms with E-state index in [0.717, 1.165) is 5.56 Å². The summed E-state index contributed by atoms with van der Waals surface area (Å²) < 4.78 is 0. The first-order chi connectivity index (χ1) is 11.8. The molecular weight excluding hydrogens is 359 g/mol. The molecule has 6 heteroatoms. The lowest BCUT2D eigenvalue weighted by Crippen LogP contribution is -2.91. The molecule has 0 spiro atoms. The minimum atomic E-state index is -0.311. The molecule has 0 saturated heterocycles. The minimum absolute atomic E-state index is 0.00519. The second kappa shape index (κ2) is 8.48. The number of benzene rings is 2. The van der Waals surface area contributed by atoms with Crippen LogP contribution in [0.25, 0.3) is 0 Å². The van der Waals surface area contributed by atoms with Gasteiger partial charge in [0.05, 0.1) is 5.02 Å². The van der Waals surface area contributed by atoms with Gasteiger partial charge in [0.25, 0.3) is 5.91 Å². The number of amides is 1. The Bertz CT molecular complexity index is 775. The van der Waals surface area contributed by atoms with E-state index in [-0.39, 0.29) is 23.8 Å². The van der Waals surface area contributed by atoms with Crippen molar-refractivity contribution in [2.75, 3.05) is 5.32 Å². The van der Waals surface area contributed by atoms with Crippen molar-refractivity contribution in [1.82, 2.24) is 0 Å². The van der Waals surface area contributed by atoms with Gasteiger partial charge in [-0.3, -0.25) is 9.59 Å². The minimum Gasteiger partial charge on any atom is -0.330 e. The SMILES string of the molecule is CC(=O)c1ccc(NC(=O)[C@@H](C)[NH2+][C@H](C)c2ccc(Cl)cc2Cl)cc1. The zero-order chi connectivity index (χ0) is 18.6. The van der Waals surface area contributed by atoms with E-state index >= 15 is 0 Å². The Hall–Kier alpha value is -1.88. The highest BCUT2D eigenvalue weighted by Crippen LogP contribution is 2.24. The average molecular weight is 380 g/mol. The van der Waals surface area contributed by atoms with Crippen molar-refractivity contribution in [3.8, 4) is 0 Å². The van der Waals surface area contributed by atoms with Crippen LogP contribution < -0.4 is 10.6 Å². The summed E-state index contributed by atoms with van der Waals surface area (Å²) in [6.07, 6.45) is 0. The molecule has 4 nitrogen and oxygen atoms in total. The zero-order valence-corrected chi connectivity index (χ0v) is 15.9. The van der Waals surface area contributed by atoms with Crippen LogP contribution in [-0.2, 0) is 4.79 Å². The van der Waals surface area contributed by atoms with E-state index in [4.69, 9.17) is 23.2 Å². The number of carbonyl (C=O) groups is 2. The predicted molar refractivity (Wildman–Crippen MR) is 101 cm³/mol. The van der Waals surface area contributed by atoms with Gasteiger partial charge in [-0.25, -0.2) is 0 Å². The van der Waals surface area contributed by atoms with Gasteiger partial charge in [-0.15, -0.1) is 0 Å². The van der Waals surface area contributed by atoms with Crippen LogP contribution >= 0.6 is 23.2 Å². The molecule has 0 saturated carbocycles. The van der Waals surface area contributed by atoms with E-state index in [2.05, 4.69) is 5.32 Å². The van der Waals surface area contributed by atoms with E-state index in [9.17, 15) is 9.59 Å². The zero-order valence-electron chi connectivity index (χ0n) is 14.3. The van der Waals surface area contributed by atoms with Crippen molar-refractivity contribution in [1.29, 1.82) is 0 Å². The van der Waals surface area contributed by atoms with Crippen molar-refractivity contribution < 1.29 is 14.9 Å². The van der Waals surface area contributed by atoms with Gasteiger partial charge in [0.2, 0.25) is 0 Å². The van der Waals surface area contributed by atoms with Crippen LogP contribution in [0.3, 0.4) is 0 Å². The van der Waals surface area contributed by atoms with Crippen molar-refractivity contribution >= 4 is 40.6 Å². The lowest BCUT2D eigenvalue weighted by atomic mass is 10.1. The number of hydrogen-bond donors (Lipinski definition) is 2. The first kappa shape index (κ1) is 19.4. The van der Waals surface area contributed by atoms with Crippen LogP contribution in [-0.4, -0.2) is 17.7 Å². The maximum atomic E-state index is 12.4. The van der Waals surface area contributed by atoms with Gasteiger partial charge in [-0.05, 0) is 57.2 Å². The molecule has 2 atom stereocenters. The molecular formula is C19H21Cl2N2O2+. The molecule has 0 bridgehead atoms. The molecule has 0 aliphatic rings. The lowest BCUT2D eigenvalue weighted by molar-refractivity contribution is -0.709. The van der Waals surface area contributed by atoms with Crippen molar-refractivity contribution in [2.24, 2.45) is 0 Å². The molecule has 2 aromatic rings. The number of hydrogen-bond acceptors (Lipinski definition) is 2. The molecule has 2 rings (SSSR count). The summed E-state index contributed by atoms with van der Waals surface area (Å²) in [5.74, 6) is -0.124. The van der Waals surface area contributed by atoms with Gasteiger partial charge in [0.1, 0.15) is 6.04 Å². The summed E-state index contributed by atoms with van der Waals surface area (Å²) in [6, 6.07) is 11.9. The third-order valence-electron chi connectivity index (χ3n) is 4.00. The Balaban J connectivity index is 1.98. The number of nitrogens with one attached hydrogen (secondary N) is 1. The van der Waals surface area contributed by atoms with Gasteiger partial charge in [0.15, 0.2) is 11.8 Å². The van der Waals surface area contributed by atoms with Crippen LogP contribution in [0.5, 0.6) is 0 Å². The first-order valence-electron chi connectivity index (χ1n) is 7.99. The third-order valence-corrected chi connectivity index (χ3v) is 4.57. The third kappa shape index (κ3) is 5.30. The number of rotatable bonds is 6. The molecule has 0 aliphatic heterocycles. The lowest BCUT2D eigenvalue weighted by Gasteiger charge is -2.18. The molecule has 0 aliphatic carbocycles. The molecule has 1 amide bonds. The topological polar surface area (TPSA) is 62.8 Å². The fourth-order valence-electron chi connectivity index (χ4n) is 2.54. The monoisotopic (exact) mass is 379 g/mol. The van der Waals surface area contributed by atoms with E-state index in [0.29, 0.717) is 21.3 Å². The molecule has 132 valence electrons. The Morgan fingerprint density at radius 1 is 1.04 bits per heavy atom. The van der Waals surface area contributed by atoms with Gasteiger partial charge >= 0.3 is 0 Å². The van der Waals surface area contributed by atoms with Gasteiger partial charge < -0.3 is 10.6 Å². The number of quaternary nitrogens is 1. The second-order valence-electron chi connectivity index (χ2n) is 6.06. The predicted octanol–water partition coefficient (Wildman–Crippen LogP) is 3.85. The summed E-state index contributed by atoms with van der Waals surface area (Å²) >= 11 is 12.1. The smallest absolute Gasteiger partial charge is 0.282 e. The Morgan fingerprint density at radius 3 is 2.24 bits per heavy atom. The van der Waals surface area contributed by atoms with Crippen LogP contribution in [0, 0.1) is 0 Å². The fourth-order valence-corrected chi connectivity index (χ4v) is 3.12. The molecule has 0 fully saturated rings. The van der Waals surface area contributed by atoms with Crippen LogP contribution in [0.15, 0.2) is 42.5 Å². The van der Waals surface area contributed by atoms with Gasteiger partial charge in [-0.2, -0.15) is 0 Å². The molecule has 25 heavy (non-hydrogen) atoms. The number of nitrogens with two attached hydrogens (primary N) is 1. The van der Waals surface area contributed by atoms with Crippen LogP contribution in [0.4, 0.5) is 5.69 Å². The molecule has 3 N–H and O–H groups in total. The van der Waals surface area contributed by atoms with Gasteiger partial charge in [0, 0.05) is 21.8 Å². The van der Waals surface area contributed by atoms with Gasteiger partial charge in [-0.1, -0.05) is 29.3 Å². The van der Waals surface area contributed by atoms with E-state index < -0.39 is 0 Å². The summed E-state index contributed by atoms with van der Waals surface area (Å²) in [5.41, 5.74) is 2.20. The maximum Gasteiger partial charge on any atom is 0.282 e.